The molecule has 0 radical (unpaired) electrons. The van der Waals surface area contributed by atoms with E-state index < -0.39 is 0 Å². The van der Waals surface area contributed by atoms with Crippen LogP contribution in [0.15, 0.2) is 73.4 Å². The minimum Gasteiger partial charge on any atom is -0.339 e. The third-order valence-electron chi connectivity index (χ3n) is 3.61. The van der Waals surface area contributed by atoms with Crippen molar-refractivity contribution < 1.29 is 0 Å². The largest absolute Gasteiger partial charge is 0.339 e. The monoisotopic (exact) mass is 428 g/mol. The molecule has 0 aliphatic carbocycles. The summed E-state index contributed by atoms with van der Waals surface area (Å²) in [6.45, 7) is 5.25. The lowest BCUT2D eigenvalue weighted by molar-refractivity contribution is 1.27. The Kier molecular flexibility index (Phi) is 9.39. The molecule has 2 aromatic heterocycles. The molecule has 0 saturated carbocycles. The van der Waals surface area contributed by atoms with E-state index in [-0.39, 0.29) is 14.9 Å². The van der Waals surface area contributed by atoms with Crippen LogP contribution >= 0.6 is 23.2 Å². The van der Waals surface area contributed by atoms with Gasteiger partial charge in [0.05, 0.1) is 16.1 Å². The fraction of sp³-hybridized carbons (Fsp3) is 0.130. The van der Waals surface area contributed by atoms with E-state index >= 15 is 0 Å². The van der Waals surface area contributed by atoms with E-state index in [4.69, 9.17) is 23.2 Å². The van der Waals surface area contributed by atoms with Gasteiger partial charge in [0.1, 0.15) is 11.6 Å². The summed E-state index contributed by atoms with van der Waals surface area (Å²) in [4.78, 5) is 12.2. The van der Waals surface area contributed by atoms with E-state index in [1.165, 1.54) is 0 Å². The van der Waals surface area contributed by atoms with Crippen LogP contribution in [0.1, 0.15) is 21.8 Å². The van der Waals surface area contributed by atoms with Gasteiger partial charge in [-0.3, -0.25) is 0 Å². The zero-order chi connectivity index (χ0) is 19.2. The highest BCUT2D eigenvalue weighted by Crippen LogP contribution is 2.28. The summed E-state index contributed by atoms with van der Waals surface area (Å²) in [5.74, 6) is 1.32. The number of H-pyrrole nitrogens is 1. The number of anilines is 2. The molecule has 0 spiro atoms. The first-order valence-electron chi connectivity index (χ1n) is 8.31. The van der Waals surface area contributed by atoms with Crippen LogP contribution in [0.3, 0.4) is 0 Å². The molecule has 2 heterocycles. The Labute approximate surface area is 182 Å². The summed E-state index contributed by atoms with van der Waals surface area (Å²) < 4.78 is 0. The third-order valence-corrected chi connectivity index (χ3v) is 4.15. The molecule has 0 aliphatic rings. The highest BCUT2D eigenvalue weighted by Gasteiger charge is 2.09. The maximum absolute atomic E-state index is 6.37. The predicted molar refractivity (Wildman–Crippen MR) is 128 cm³/mol. The zero-order valence-electron chi connectivity index (χ0n) is 14.7. The van der Waals surface area contributed by atoms with Gasteiger partial charge in [-0.1, -0.05) is 56.3 Å². The van der Waals surface area contributed by atoms with E-state index in [9.17, 15) is 0 Å². The molecule has 4 aromatic rings. The van der Waals surface area contributed by atoms with E-state index in [1.807, 2.05) is 49.4 Å². The lowest BCUT2D eigenvalue weighted by Crippen LogP contribution is -1.95. The number of benzene rings is 2. The normalized spacial score (nSPS) is 9.48. The van der Waals surface area contributed by atoms with Crippen molar-refractivity contribution in [2.45, 2.75) is 21.8 Å². The van der Waals surface area contributed by atoms with Crippen molar-refractivity contribution in [1.29, 1.82) is 0 Å². The Morgan fingerprint density at radius 3 is 2.31 bits per heavy atom. The molecule has 0 fully saturated rings. The van der Waals surface area contributed by atoms with E-state index in [2.05, 4.69) is 26.8 Å². The van der Waals surface area contributed by atoms with E-state index in [0.29, 0.717) is 15.9 Å². The summed E-state index contributed by atoms with van der Waals surface area (Å²) in [5.41, 5.74) is 3.59. The number of hydrogen-bond donors (Lipinski definition) is 2. The van der Waals surface area contributed by atoms with Crippen LogP contribution in [0.2, 0.25) is 10.0 Å². The SMILES string of the molecule is C.C.C=CC.Clc1ccc(Nc2ncc(-c3nc4ccccc4[nH]3)cc2Cl)cc1. The van der Waals surface area contributed by atoms with Crippen LogP contribution in [-0.4, -0.2) is 15.0 Å². The first kappa shape index (κ1) is 24.2. The maximum atomic E-state index is 6.37. The molecule has 0 atom stereocenters. The Bertz CT molecular complexity index is 1020. The molecule has 29 heavy (non-hydrogen) atoms. The Hall–Kier alpha value is -2.82. The van der Waals surface area contributed by atoms with Crippen LogP contribution in [0.4, 0.5) is 11.5 Å². The van der Waals surface area contributed by atoms with Gasteiger partial charge in [-0.15, -0.1) is 6.58 Å². The first-order valence-corrected chi connectivity index (χ1v) is 9.06. The quantitative estimate of drug-likeness (QED) is 0.323. The van der Waals surface area contributed by atoms with Gasteiger partial charge >= 0.3 is 0 Å². The van der Waals surface area contributed by atoms with Crippen LogP contribution in [0, 0.1) is 0 Å². The van der Waals surface area contributed by atoms with Gasteiger partial charge in [-0.05, 0) is 49.4 Å². The topological polar surface area (TPSA) is 53.6 Å². The van der Waals surface area contributed by atoms with Crippen molar-refractivity contribution in [2.75, 3.05) is 5.32 Å². The fourth-order valence-corrected chi connectivity index (χ4v) is 2.76. The smallest absolute Gasteiger partial charge is 0.149 e. The standard InChI is InChI=1S/C18H12Cl2N4.C3H6.2CH4/c19-12-5-7-13(8-6-12)22-18-14(20)9-11(10-21-18)17-23-15-3-1-2-4-16(15)24-17;1-3-2;;/h1-10H,(H,21,22)(H,23,24);3H,1H2,2H3;2*1H4. The maximum Gasteiger partial charge on any atom is 0.149 e. The van der Waals surface area contributed by atoms with Gasteiger partial charge in [0.15, 0.2) is 0 Å². The number of rotatable bonds is 3. The second-order valence-corrected chi connectivity index (χ2v) is 6.54. The average Bonchev–Trinajstić information content (AvgIpc) is 3.10. The van der Waals surface area contributed by atoms with Crippen LogP contribution in [-0.2, 0) is 0 Å². The Morgan fingerprint density at radius 2 is 1.69 bits per heavy atom. The summed E-state index contributed by atoms with van der Waals surface area (Å²) in [6.07, 6.45) is 3.49. The highest BCUT2D eigenvalue weighted by molar-refractivity contribution is 6.33. The number of fused-ring (bicyclic) bond motifs is 1. The molecule has 4 rings (SSSR count). The predicted octanol–water partition coefficient (Wildman–Crippen LogP) is 8.14. The highest BCUT2D eigenvalue weighted by atomic mass is 35.5. The number of nitrogens with zero attached hydrogens (tertiary/aromatic N) is 2. The van der Waals surface area contributed by atoms with Gasteiger partial charge in [0, 0.05) is 22.5 Å². The Morgan fingerprint density at radius 1 is 1.03 bits per heavy atom. The molecule has 4 nitrogen and oxygen atoms in total. The van der Waals surface area contributed by atoms with Crippen LogP contribution in [0.25, 0.3) is 22.4 Å². The molecule has 0 unspecified atom stereocenters. The first-order chi connectivity index (χ1) is 13.1. The van der Waals surface area contributed by atoms with Gasteiger partial charge < -0.3 is 10.3 Å². The molecule has 0 bridgehead atoms. The van der Waals surface area contributed by atoms with E-state index in [1.54, 1.807) is 24.4 Å². The number of nitrogens with one attached hydrogen (secondary N) is 2. The summed E-state index contributed by atoms with van der Waals surface area (Å²) in [5, 5.41) is 4.37. The molecular formula is C23H26Cl2N4. The molecule has 0 saturated heterocycles. The molecule has 2 aromatic carbocycles. The summed E-state index contributed by atoms with van der Waals surface area (Å²) in [7, 11) is 0. The van der Waals surface area contributed by atoms with Gasteiger partial charge in [0.25, 0.3) is 0 Å². The minimum atomic E-state index is 0. The van der Waals surface area contributed by atoms with Crippen molar-refractivity contribution in [1.82, 2.24) is 15.0 Å². The van der Waals surface area contributed by atoms with Crippen molar-refractivity contribution in [2.24, 2.45) is 0 Å². The Balaban J connectivity index is 0.000000794. The average molecular weight is 429 g/mol. The van der Waals surface area contributed by atoms with Gasteiger partial charge in [-0.25, -0.2) is 9.97 Å². The van der Waals surface area contributed by atoms with Crippen LogP contribution in [0.5, 0.6) is 0 Å². The number of halogens is 2. The number of hydrogen-bond acceptors (Lipinski definition) is 3. The van der Waals surface area contributed by atoms with E-state index in [0.717, 1.165) is 28.1 Å². The minimum absolute atomic E-state index is 0. The lowest BCUT2D eigenvalue weighted by Gasteiger charge is -2.08. The molecule has 0 amide bonds. The molecular weight excluding hydrogens is 403 g/mol. The van der Waals surface area contributed by atoms with Crippen molar-refractivity contribution >= 4 is 45.7 Å². The molecule has 2 N–H and O–H groups in total. The molecule has 152 valence electrons. The second kappa shape index (κ2) is 11.2. The fourth-order valence-electron chi connectivity index (χ4n) is 2.42. The number of allylic oxidation sites excluding steroid dienone is 1. The number of imidazole rings is 1. The molecule has 0 aliphatic heterocycles. The number of aromatic amines is 1. The number of para-hydroxylation sites is 2. The molecule has 6 heteroatoms. The van der Waals surface area contributed by atoms with Crippen molar-refractivity contribution in [3.05, 3.63) is 83.5 Å². The third kappa shape index (κ3) is 6.08. The second-order valence-electron chi connectivity index (χ2n) is 5.70. The van der Waals surface area contributed by atoms with Gasteiger partial charge in [-0.2, -0.15) is 0 Å². The zero-order valence-corrected chi connectivity index (χ0v) is 16.2. The van der Waals surface area contributed by atoms with Crippen molar-refractivity contribution in [3.8, 4) is 11.4 Å². The summed E-state index contributed by atoms with van der Waals surface area (Å²) in [6, 6.07) is 17.1. The van der Waals surface area contributed by atoms with Gasteiger partial charge in [0.2, 0.25) is 0 Å². The lowest BCUT2D eigenvalue weighted by atomic mass is 10.2. The van der Waals surface area contributed by atoms with Crippen LogP contribution < -0.4 is 5.32 Å². The number of pyridine rings is 1. The number of aromatic nitrogens is 3. The van der Waals surface area contributed by atoms with Crippen molar-refractivity contribution in [3.63, 3.8) is 0 Å². The summed E-state index contributed by atoms with van der Waals surface area (Å²) >= 11 is 12.3.